The summed E-state index contributed by atoms with van der Waals surface area (Å²) in [5, 5.41) is 13.6. The molecule has 3 unspecified atom stereocenters. The Morgan fingerprint density at radius 1 is 1.19 bits per heavy atom. The van der Waals surface area contributed by atoms with Crippen LogP contribution in [0.5, 0.6) is 0 Å². The lowest BCUT2D eigenvalue weighted by Crippen LogP contribution is -2.47. The predicted octanol–water partition coefficient (Wildman–Crippen LogP) is 2.16. The van der Waals surface area contributed by atoms with E-state index in [9.17, 15) is 5.11 Å². The van der Waals surface area contributed by atoms with Crippen LogP contribution >= 0.6 is 0 Å². The average Bonchev–Trinajstić information content (AvgIpc) is 2.92. The molecule has 0 aliphatic carbocycles. The normalized spacial score (nSPS) is 27.7. The van der Waals surface area contributed by atoms with E-state index in [0.717, 1.165) is 13.0 Å². The number of hydrogen-bond donors (Lipinski definition) is 2. The van der Waals surface area contributed by atoms with E-state index >= 15 is 0 Å². The number of piperidine rings is 1. The lowest BCUT2D eigenvalue weighted by Gasteiger charge is -2.33. The number of rotatable bonds is 10. The van der Waals surface area contributed by atoms with Crippen LogP contribution in [0.25, 0.3) is 0 Å². The lowest BCUT2D eigenvalue weighted by molar-refractivity contribution is 0.0331. The number of aliphatic hydroxyl groups excluding tert-OH is 1. The second kappa shape index (κ2) is 9.78. The largest absolute Gasteiger partial charge is 0.389 e. The van der Waals surface area contributed by atoms with Gasteiger partial charge in [-0.3, -0.25) is 4.90 Å². The van der Waals surface area contributed by atoms with E-state index < -0.39 is 0 Å². The zero-order valence-electron chi connectivity index (χ0n) is 13.7. The number of ether oxygens (including phenoxy) is 1. The van der Waals surface area contributed by atoms with Gasteiger partial charge in [0.15, 0.2) is 0 Å². The van der Waals surface area contributed by atoms with Gasteiger partial charge in [-0.2, -0.15) is 0 Å². The molecular formula is C17H34N2O2. The van der Waals surface area contributed by atoms with Crippen LogP contribution in [0.1, 0.15) is 58.3 Å². The Balaban J connectivity index is 1.51. The SMILES string of the molecule is CCCCCCOCC(O)CNC1CCN2CCCCC12. The van der Waals surface area contributed by atoms with Crippen molar-refractivity contribution in [2.45, 2.75) is 76.5 Å². The summed E-state index contributed by atoms with van der Waals surface area (Å²) in [6, 6.07) is 1.28. The molecule has 2 saturated heterocycles. The summed E-state index contributed by atoms with van der Waals surface area (Å²) < 4.78 is 5.56. The Labute approximate surface area is 130 Å². The minimum atomic E-state index is -0.367. The molecule has 21 heavy (non-hydrogen) atoms. The van der Waals surface area contributed by atoms with Gasteiger partial charge in [0.2, 0.25) is 0 Å². The average molecular weight is 298 g/mol. The molecule has 0 aromatic carbocycles. The standard InChI is InChI=1S/C17H34N2O2/c1-2-3-4-7-12-21-14-15(20)13-18-16-9-11-19-10-6-5-8-17(16)19/h15-18,20H,2-14H2,1H3. The monoisotopic (exact) mass is 298 g/mol. The van der Waals surface area contributed by atoms with Gasteiger partial charge in [0.25, 0.3) is 0 Å². The predicted molar refractivity (Wildman–Crippen MR) is 86.6 cm³/mol. The van der Waals surface area contributed by atoms with Gasteiger partial charge in [0.05, 0.1) is 12.7 Å². The van der Waals surface area contributed by atoms with Crippen LogP contribution in [0.2, 0.25) is 0 Å². The van der Waals surface area contributed by atoms with Gasteiger partial charge < -0.3 is 15.2 Å². The molecule has 124 valence electrons. The van der Waals surface area contributed by atoms with Crippen molar-refractivity contribution in [3.8, 4) is 0 Å². The summed E-state index contributed by atoms with van der Waals surface area (Å²) in [5.41, 5.74) is 0. The molecule has 0 aromatic heterocycles. The smallest absolute Gasteiger partial charge is 0.0897 e. The first-order valence-electron chi connectivity index (χ1n) is 9.04. The molecule has 0 amide bonds. The molecule has 2 heterocycles. The van der Waals surface area contributed by atoms with E-state index in [1.54, 1.807) is 0 Å². The van der Waals surface area contributed by atoms with Crippen molar-refractivity contribution < 1.29 is 9.84 Å². The highest BCUT2D eigenvalue weighted by molar-refractivity contribution is 4.94. The molecule has 2 N–H and O–H groups in total. The second-order valence-corrected chi connectivity index (χ2v) is 6.69. The molecule has 3 atom stereocenters. The minimum absolute atomic E-state index is 0.367. The first-order valence-corrected chi connectivity index (χ1v) is 9.04. The van der Waals surface area contributed by atoms with Crippen molar-refractivity contribution in [1.82, 2.24) is 10.2 Å². The van der Waals surface area contributed by atoms with Crippen molar-refractivity contribution in [2.75, 3.05) is 32.8 Å². The number of nitrogens with one attached hydrogen (secondary N) is 1. The Morgan fingerprint density at radius 3 is 2.95 bits per heavy atom. The van der Waals surface area contributed by atoms with Gasteiger partial charge >= 0.3 is 0 Å². The fourth-order valence-corrected chi connectivity index (χ4v) is 3.68. The maximum absolute atomic E-state index is 10.0. The number of hydrogen-bond acceptors (Lipinski definition) is 4. The quantitative estimate of drug-likeness (QED) is 0.607. The first kappa shape index (κ1) is 17.2. The number of nitrogens with zero attached hydrogens (tertiary/aromatic N) is 1. The highest BCUT2D eigenvalue weighted by atomic mass is 16.5. The maximum Gasteiger partial charge on any atom is 0.0897 e. The minimum Gasteiger partial charge on any atom is -0.389 e. The van der Waals surface area contributed by atoms with Gasteiger partial charge in [-0.1, -0.05) is 32.6 Å². The fraction of sp³-hybridized carbons (Fsp3) is 1.00. The van der Waals surface area contributed by atoms with E-state index in [1.165, 1.54) is 58.0 Å². The molecule has 0 saturated carbocycles. The van der Waals surface area contributed by atoms with Crippen LogP contribution in [0, 0.1) is 0 Å². The molecule has 0 radical (unpaired) electrons. The van der Waals surface area contributed by atoms with Gasteiger partial charge in [-0.25, -0.2) is 0 Å². The van der Waals surface area contributed by atoms with Crippen molar-refractivity contribution in [3.63, 3.8) is 0 Å². The molecular weight excluding hydrogens is 264 g/mol. The molecule has 0 bridgehead atoms. The van der Waals surface area contributed by atoms with Crippen LogP contribution in [0.3, 0.4) is 0 Å². The molecule has 0 spiro atoms. The zero-order valence-corrected chi connectivity index (χ0v) is 13.7. The molecule has 2 rings (SSSR count). The molecule has 4 heteroatoms. The first-order chi connectivity index (χ1) is 10.3. The third-order valence-corrected chi connectivity index (χ3v) is 4.92. The van der Waals surface area contributed by atoms with Crippen LogP contribution in [-0.4, -0.2) is 61.0 Å². The van der Waals surface area contributed by atoms with E-state index in [0.29, 0.717) is 25.2 Å². The van der Waals surface area contributed by atoms with Crippen molar-refractivity contribution in [1.29, 1.82) is 0 Å². The number of unbranched alkanes of at least 4 members (excludes halogenated alkanes) is 3. The topological polar surface area (TPSA) is 44.7 Å². The van der Waals surface area contributed by atoms with E-state index in [2.05, 4.69) is 17.1 Å². The Bertz CT molecular complexity index is 276. The highest BCUT2D eigenvalue weighted by Gasteiger charge is 2.35. The summed E-state index contributed by atoms with van der Waals surface area (Å²) in [5.74, 6) is 0. The van der Waals surface area contributed by atoms with Crippen LogP contribution in [0.15, 0.2) is 0 Å². The maximum atomic E-state index is 10.0. The van der Waals surface area contributed by atoms with Gasteiger partial charge in [0.1, 0.15) is 0 Å². The third kappa shape index (κ3) is 5.85. The van der Waals surface area contributed by atoms with Crippen LogP contribution in [-0.2, 0) is 4.74 Å². The van der Waals surface area contributed by atoms with Gasteiger partial charge in [0, 0.05) is 31.8 Å². The van der Waals surface area contributed by atoms with E-state index in [1.807, 2.05) is 0 Å². The Kier molecular flexibility index (Phi) is 8.01. The molecule has 0 aromatic rings. The third-order valence-electron chi connectivity index (χ3n) is 4.92. The second-order valence-electron chi connectivity index (χ2n) is 6.69. The van der Waals surface area contributed by atoms with E-state index in [4.69, 9.17) is 4.74 Å². The molecule has 2 aliphatic rings. The molecule has 2 aliphatic heterocycles. The highest BCUT2D eigenvalue weighted by Crippen LogP contribution is 2.26. The summed E-state index contributed by atoms with van der Waals surface area (Å²) in [7, 11) is 0. The lowest BCUT2D eigenvalue weighted by atomic mass is 9.99. The van der Waals surface area contributed by atoms with Gasteiger partial charge in [-0.15, -0.1) is 0 Å². The van der Waals surface area contributed by atoms with E-state index in [-0.39, 0.29) is 6.10 Å². The summed E-state index contributed by atoms with van der Waals surface area (Å²) in [6.45, 7) is 6.65. The number of fused-ring (bicyclic) bond motifs is 1. The Morgan fingerprint density at radius 2 is 2.10 bits per heavy atom. The summed E-state index contributed by atoms with van der Waals surface area (Å²) in [6.07, 6.45) is 9.81. The zero-order chi connectivity index (χ0) is 14.9. The van der Waals surface area contributed by atoms with Crippen molar-refractivity contribution >= 4 is 0 Å². The Hall–Kier alpha value is -0.160. The summed E-state index contributed by atoms with van der Waals surface area (Å²) in [4.78, 5) is 2.62. The van der Waals surface area contributed by atoms with Crippen LogP contribution in [0.4, 0.5) is 0 Å². The fourth-order valence-electron chi connectivity index (χ4n) is 3.68. The number of aliphatic hydroxyl groups is 1. The molecule has 4 nitrogen and oxygen atoms in total. The summed E-state index contributed by atoms with van der Waals surface area (Å²) >= 11 is 0. The van der Waals surface area contributed by atoms with Crippen LogP contribution < -0.4 is 5.32 Å². The van der Waals surface area contributed by atoms with Crippen molar-refractivity contribution in [3.05, 3.63) is 0 Å². The molecule has 2 fully saturated rings. The van der Waals surface area contributed by atoms with Gasteiger partial charge in [-0.05, 0) is 32.2 Å². The van der Waals surface area contributed by atoms with Crippen molar-refractivity contribution in [2.24, 2.45) is 0 Å².